The number of nitrogens with one attached hydrogen (secondary N) is 1. The van der Waals surface area contributed by atoms with E-state index in [-0.39, 0.29) is 120 Å². The highest BCUT2D eigenvalue weighted by Gasteiger charge is 2.33. The van der Waals surface area contributed by atoms with Gasteiger partial charge in [-0.25, -0.2) is 9.59 Å². The second kappa shape index (κ2) is 29.6. The molecular weight excluding hydrogens is 810 g/mol. The maximum absolute atomic E-state index is 13.6. The van der Waals surface area contributed by atoms with Gasteiger partial charge in [-0.15, -0.1) is 5.06 Å². The van der Waals surface area contributed by atoms with Crippen LogP contribution in [0, 0.1) is 23.2 Å². The molecule has 1 heterocycles. The Morgan fingerprint density at radius 2 is 1.21 bits per heavy atom. The molecule has 4 amide bonds. The van der Waals surface area contributed by atoms with Gasteiger partial charge in [0.05, 0.1) is 77.9 Å². The number of hydroxylamine groups is 2. The summed E-state index contributed by atoms with van der Waals surface area (Å²) in [6.45, 7) is 12.1. The van der Waals surface area contributed by atoms with Crippen LogP contribution in [-0.2, 0) is 79.8 Å². The Morgan fingerprint density at radius 1 is 0.710 bits per heavy atom. The maximum Gasteiger partial charge on any atom is 0.335 e. The number of nitrogens with two attached hydrogens (primary N) is 1. The fraction of sp³-hybridized carbons (Fsp3) is 0.682. The van der Waals surface area contributed by atoms with Gasteiger partial charge in [-0.3, -0.25) is 28.8 Å². The predicted molar refractivity (Wildman–Crippen MR) is 223 cm³/mol. The van der Waals surface area contributed by atoms with Crippen LogP contribution in [0.25, 0.3) is 0 Å². The van der Waals surface area contributed by atoms with Gasteiger partial charge in [0, 0.05) is 56.9 Å². The lowest BCUT2D eigenvalue weighted by atomic mass is 9.80. The van der Waals surface area contributed by atoms with Gasteiger partial charge in [-0.05, 0) is 50.7 Å². The molecular formula is C44H67N3O15. The van der Waals surface area contributed by atoms with Gasteiger partial charge in [0.25, 0.3) is 11.8 Å². The quantitative estimate of drug-likeness (QED) is 0.0571. The van der Waals surface area contributed by atoms with Crippen LogP contribution in [0.1, 0.15) is 97.1 Å². The Kier molecular flexibility index (Phi) is 25.6. The lowest BCUT2D eigenvalue weighted by Gasteiger charge is -2.22. The van der Waals surface area contributed by atoms with Gasteiger partial charge >= 0.3 is 18.0 Å². The summed E-state index contributed by atoms with van der Waals surface area (Å²) in [5.41, 5.74) is 6.11. The Hall–Kier alpha value is -4.62. The van der Waals surface area contributed by atoms with Crippen LogP contribution in [0.5, 0.6) is 0 Å². The van der Waals surface area contributed by atoms with Gasteiger partial charge in [0.2, 0.25) is 0 Å². The number of urea groups is 1. The Bertz CT molecular complexity index is 1580. The normalized spacial score (nSPS) is 13.9. The molecule has 0 unspecified atom stereocenters. The monoisotopic (exact) mass is 877 g/mol. The van der Waals surface area contributed by atoms with Crippen LogP contribution in [0.2, 0.25) is 0 Å². The van der Waals surface area contributed by atoms with Gasteiger partial charge in [-0.2, -0.15) is 0 Å². The average Bonchev–Trinajstić information content (AvgIpc) is 3.53. The van der Waals surface area contributed by atoms with Crippen LogP contribution < -0.4 is 11.1 Å². The van der Waals surface area contributed by atoms with E-state index in [9.17, 15) is 38.4 Å². The van der Waals surface area contributed by atoms with Crippen molar-refractivity contribution in [3.8, 4) is 0 Å². The first-order valence-corrected chi connectivity index (χ1v) is 21.3. The molecule has 2 atom stereocenters. The zero-order valence-corrected chi connectivity index (χ0v) is 37.0. The van der Waals surface area contributed by atoms with Crippen molar-refractivity contribution in [2.24, 2.45) is 28.9 Å². The zero-order chi connectivity index (χ0) is 45.9. The number of hydrogen-bond acceptors (Lipinski definition) is 15. The highest BCUT2D eigenvalue weighted by Crippen LogP contribution is 2.25. The number of benzene rings is 1. The third kappa shape index (κ3) is 23.0. The van der Waals surface area contributed by atoms with Crippen LogP contribution in [0.3, 0.4) is 0 Å². The van der Waals surface area contributed by atoms with Crippen molar-refractivity contribution in [3.05, 3.63) is 35.4 Å². The van der Waals surface area contributed by atoms with E-state index in [1.54, 1.807) is 45.0 Å². The van der Waals surface area contributed by atoms with Crippen LogP contribution in [0.4, 0.5) is 4.79 Å². The Balaban J connectivity index is 1.61. The zero-order valence-electron chi connectivity index (χ0n) is 37.0. The van der Waals surface area contributed by atoms with E-state index in [4.69, 9.17) is 39.0 Å². The molecule has 2 rings (SSSR count). The fourth-order valence-corrected chi connectivity index (χ4v) is 5.99. The molecule has 0 aliphatic carbocycles. The molecule has 1 saturated heterocycles. The predicted octanol–water partition coefficient (Wildman–Crippen LogP) is 3.61. The number of primary amides is 1. The molecule has 0 saturated carbocycles. The summed E-state index contributed by atoms with van der Waals surface area (Å²) in [4.78, 5) is 103. The lowest BCUT2D eigenvalue weighted by Crippen LogP contribution is -2.32. The van der Waals surface area contributed by atoms with Gasteiger partial charge in [0.1, 0.15) is 24.0 Å². The summed E-state index contributed by atoms with van der Waals surface area (Å²) in [5, 5.41) is 3.02. The highest BCUT2D eigenvalue weighted by molar-refractivity contribution is 6.01. The van der Waals surface area contributed by atoms with E-state index in [1.807, 2.05) is 13.8 Å². The SMILES string of the molecule is CC(C)[C@@H](CC(=O)CCOCCOCCOCCOCCOCCC(=O)ON1C(=O)CCC1=O)C(=O)C[C@H](CCCNC(N)=O)C(=O)Cc1ccc(COC(=O)C(C)(C)C)cc1. The molecule has 1 aromatic carbocycles. The highest BCUT2D eigenvalue weighted by atomic mass is 16.7. The van der Waals surface area contributed by atoms with Crippen LogP contribution in [-0.4, -0.2) is 125 Å². The van der Waals surface area contributed by atoms with Crippen LogP contribution in [0.15, 0.2) is 24.3 Å². The molecule has 3 N–H and O–H groups in total. The van der Waals surface area contributed by atoms with Crippen molar-refractivity contribution in [1.29, 1.82) is 0 Å². The molecule has 0 radical (unpaired) electrons. The third-order valence-corrected chi connectivity index (χ3v) is 9.64. The fourth-order valence-electron chi connectivity index (χ4n) is 5.99. The van der Waals surface area contributed by atoms with Gasteiger partial charge < -0.3 is 44.3 Å². The Morgan fingerprint density at radius 3 is 1.71 bits per heavy atom. The number of esters is 1. The summed E-state index contributed by atoms with van der Waals surface area (Å²) in [5.74, 6) is -3.81. The van der Waals surface area contributed by atoms with E-state index in [0.29, 0.717) is 50.9 Å². The summed E-state index contributed by atoms with van der Waals surface area (Å²) < 4.78 is 32.6. The van der Waals surface area contributed by atoms with E-state index < -0.39 is 41.1 Å². The van der Waals surface area contributed by atoms with Crippen molar-refractivity contribution in [2.75, 3.05) is 72.6 Å². The summed E-state index contributed by atoms with van der Waals surface area (Å²) in [6, 6.07) is 6.53. The van der Waals surface area contributed by atoms with Crippen molar-refractivity contribution < 1.29 is 71.6 Å². The molecule has 348 valence electrons. The first-order valence-electron chi connectivity index (χ1n) is 21.3. The lowest BCUT2D eigenvalue weighted by molar-refractivity contribution is -0.198. The summed E-state index contributed by atoms with van der Waals surface area (Å²) in [6.07, 6.45) is 1.01. The minimum atomic E-state index is -0.729. The first kappa shape index (κ1) is 53.5. The second-order valence-electron chi connectivity index (χ2n) is 16.3. The van der Waals surface area contributed by atoms with Crippen molar-refractivity contribution in [3.63, 3.8) is 0 Å². The van der Waals surface area contributed by atoms with E-state index in [0.717, 1.165) is 11.1 Å². The van der Waals surface area contributed by atoms with Crippen molar-refractivity contribution >= 4 is 47.1 Å². The molecule has 18 nitrogen and oxygen atoms in total. The molecule has 18 heteroatoms. The number of Topliss-reactive ketones (excluding diaryl/α,β-unsaturated/α-hetero) is 3. The molecule has 62 heavy (non-hydrogen) atoms. The molecule has 0 bridgehead atoms. The minimum Gasteiger partial charge on any atom is -0.460 e. The molecule has 1 fully saturated rings. The number of carbonyl (C=O) groups is 8. The number of amides is 4. The topological polar surface area (TPSA) is 242 Å². The van der Waals surface area contributed by atoms with Crippen molar-refractivity contribution in [1.82, 2.24) is 10.4 Å². The van der Waals surface area contributed by atoms with E-state index >= 15 is 0 Å². The van der Waals surface area contributed by atoms with Crippen molar-refractivity contribution in [2.45, 2.75) is 99.0 Å². The number of ketones is 3. The standard InChI is InChI=1S/C44H67N3O15/c1-31(2)36(38(50)28-34(7-6-16-46-43(45)55)37(49)27-32-8-10-33(11-9-32)30-61-42(54)44(3,4)5)29-35(48)14-17-56-19-21-58-23-25-60-26-24-59-22-20-57-18-15-41(53)62-47-39(51)12-13-40(47)52/h8-11,31,34,36H,6-7,12-30H2,1-5H3,(H3,45,46,55)/t34-,36+/m0/s1. The molecule has 1 aliphatic heterocycles. The summed E-state index contributed by atoms with van der Waals surface area (Å²) in [7, 11) is 0. The van der Waals surface area contributed by atoms with Gasteiger partial charge in [-0.1, -0.05) is 38.1 Å². The number of ether oxygens (including phenoxy) is 6. The first-order chi connectivity index (χ1) is 29.5. The number of carbonyl (C=O) groups excluding carboxylic acids is 8. The number of nitrogens with zero attached hydrogens (tertiary/aromatic N) is 1. The number of imide groups is 1. The van der Waals surface area contributed by atoms with Gasteiger partial charge in [0.15, 0.2) is 0 Å². The molecule has 0 aromatic heterocycles. The number of hydrogen-bond donors (Lipinski definition) is 2. The maximum atomic E-state index is 13.6. The molecule has 0 spiro atoms. The largest absolute Gasteiger partial charge is 0.460 e. The summed E-state index contributed by atoms with van der Waals surface area (Å²) >= 11 is 0. The molecule has 1 aliphatic rings. The van der Waals surface area contributed by atoms with Crippen LogP contribution >= 0.6 is 0 Å². The van der Waals surface area contributed by atoms with E-state index in [1.165, 1.54) is 0 Å². The molecule has 1 aromatic rings. The smallest absolute Gasteiger partial charge is 0.335 e. The Labute approximate surface area is 364 Å². The third-order valence-electron chi connectivity index (χ3n) is 9.64. The van der Waals surface area contributed by atoms with E-state index in [2.05, 4.69) is 5.32 Å². The minimum absolute atomic E-state index is 0.0239. The average molecular weight is 878 g/mol. The second-order valence-corrected chi connectivity index (χ2v) is 16.3. The number of rotatable bonds is 34.